The third-order valence-electron chi connectivity index (χ3n) is 2.66. The van der Waals surface area contributed by atoms with E-state index in [1.165, 1.54) is 41.4 Å². The van der Waals surface area contributed by atoms with Crippen LogP contribution in [0.2, 0.25) is 0 Å². The average molecular weight is 339 g/mol. The second kappa shape index (κ2) is 6.09. The van der Waals surface area contributed by atoms with Crippen LogP contribution in [0.4, 0.5) is 28.9 Å². The van der Waals surface area contributed by atoms with Gasteiger partial charge in [0.1, 0.15) is 5.82 Å². The van der Waals surface area contributed by atoms with Crippen LogP contribution in [-0.2, 0) is 6.18 Å². The van der Waals surface area contributed by atoms with E-state index in [2.05, 4.69) is 0 Å². The van der Waals surface area contributed by atoms with Gasteiger partial charge in [0.15, 0.2) is 0 Å². The van der Waals surface area contributed by atoms with Gasteiger partial charge in [0.05, 0.1) is 16.9 Å². The van der Waals surface area contributed by atoms with Crippen molar-refractivity contribution in [2.75, 3.05) is 5.01 Å². The molecular formula is C13H8Cl2F4N2. The molecule has 0 heterocycles. The highest BCUT2D eigenvalue weighted by Crippen LogP contribution is 2.34. The summed E-state index contributed by atoms with van der Waals surface area (Å²) < 4.78 is 51.1. The molecule has 2 aromatic carbocycles. The fraction of sp³-hybridized carbons (Fsp3) is 0.0769. The summed E-state index contributed by atoms with van der Waals surface area (Å²) in [7, 11) is 0. The number of halogens is 6. The molecule has 0 saturated heterocycles. The lowest BCUT2D eigenvalue weighted by molar-refractivity contribution is -0.137. The van der Waals surface area contributed by atoms with Crippen LogP contribution in [0.15, 0.2) is 48.5 Å². The van der Waals surface area contributed by atoms with E-state index in [9.17, 15) is 17.6 Å². The molecule has 0 atom stereocenters. The molecule has 2 rings (SSSR count). The van der Waals surface area contributed by atoms with Gasteiger partial charge in [-0.25, -0.2) is 9.40 Å². The van der Waals surface area contributed by atoms with Crippen molar-refractivity contribution in [2.45, 2.75) is 6.18 Å². The molecule has 0 amide bonds. The van der Waals surface area contributed by atoms with Crippen LogP contribution < -0.4 is 5.01 Å². The van der Waals surface area contributed by atoms with E-state index in [1.807, 2.05) is 0 Å². The highest BCUT2D eigenvalue weighted by molar-refractivity contribution is 6.34. The summed E-state index contributed by atoms with van der Waals surface area (Å²) >= 11 is 11.4. The molecule has 21 heavy (non-hydrogen) atoms. The van der Waals surface area contributed by atoms with Crippen LogP contribution in [0.3, 0.4) is 0 Å². The minimum absolute atomic E-state index is 0.291. The predicted molar refractivity (Wildman–Crippen MR) is 73.5 cm³/mol. The minimum atomic E-state index is -4.43. The Balaban J connectivity index is 2.37. The molecule has 0 aromatic heterocycles. The molecule has 0 unspecified atom stereocenters. The Kier molecular flexibility index (Phi) is 4.61. The van der Waals surface area contributed by atoms with Crippen molar-refractivity contribution in [3.63, 3.8) is 0 Å². The van der Waals surface area contributed by atoms with Gasteiger partial charge in [-0.3, -0.25) is 0 Å². The van der Waals surface area contributed by atoms with E-state index in [4.69, 9.17) is 23.6 Å². The van der Waals surface area contributed by atoms with Crippen molar-refractivity contribution < 1.29 is 17.6 Å². The molecule has 0 radical (unpaired) electrons. The van der Waals surface area contributed by atoms with E-state index in [0.717, 1.165) is 12.1 Å². The van der Waals surface area contributed by atoms with Crippen molar-refractivity contribution in [1.82, 2.24) is 4.05 Å². The highest BCUT2D eigenvalue weighted by Gasteiger charge is 2.30. The minimum Gasteiger partial charge on any atom is -0.246 e. The summed E-state index contributed by atoms with van der Waals surface area (Å²) in [5, 5.41) is 1.21. The fourth-order valence-electron chi connectivity index (χ4n) is 1.70. The van der Waals surface area contributed by atoms with Gasteiger partial charge in [0.2, 0.25) is 0 Å². The molecular weight excluding hydrogens is 331 g/mol. The van der Waals surface area contributed by atoms with Crippen molar-refractivity contribution in [2.24, 2.45) is 0 Å². The zero-order valence-corrected chi connectivity index (χ0v) is 11.8. The Labute approximate surface area is 128 Å². The summed E-state index contributed by atoms with van der Waals surface area (Å²) in [4.78, 5) is 0. The Hall–Kier alpha value is -1.50. The lowest BCUT2D eigenvalue weighted by Crippen LogP contribution is -2.24. The quantitative estimate of drug-likeness (QED) is 0.413. The summed E-state index contributed by atoms with van der Waals surface area (Å²) in [6.45, 7) is 0. The normalized spacial score (nSPS) is 11.8. The number of rotatable bonds is 3. The number of nitrogens with zero attached hydrogens (tertiary/aromatic N) is 2. The zero-order chi connectivity index (χ0) is 15.6. The first-order chi connectivity index (χ1) is 9.79. The lowest BCUT2D eigenvalue weighted by Gasteiger charge is -2.26. The van der Waals surface area contributed by atoms with E-state index < -0.39 is 17.6 Å². The second-order valence-electron chi connectivity index (χ2n) is 4.05. The van der Waals surface area contributed by atoms with Crippen LogP contribution in [0.1, 0.15) is 5.56 Å². The van der Waals surface area contributed by atoms with Gasteiger partial charge in [-0.2, -0.15) is 13.2 Å². The van der Waals surface area contributed by atoms with Crippen molar-refractivity contribution in [1.29, 1.82) is 0 Å². The molecule has 0 saturated carbocycles. The smallest absolute Gasteiger partial charge is 0.246 e. The SMILES string of the molecule is Fc1ccc(N(c2ccc(C(F)(F)F)cc2)N(Cl)Cl)cc1. The van der Waals surface area contributed by atoms with Crippen LogP contribution in [0.5, 0.6) is 0 Å². The van der Waals surface area contributed by atoms with E-state index >= 15 is 0 Å². The molecule has 0 bridgehead atoms. The summed E-state index contributed by atoms with van der Waals surface area (Å²) in [5.41, 5.74) is -0.109. The molecule has 0 aliphatic carbocycles. The molecule has 2 aromatic rings. The standard InChI is InChI=1S/C13H8Cl2F4N2/c14-21(15)20(12-7-3-10(16)4-8-12)11-5-1-9(2-6-11)13(17,18)19/h1-8H. The van der Waals surface area contributed by atoms with Crippen LogP contribution in [-0.4, -0.2) is 4.05 Å². The number of alkyl halides is 3. The van der Waals surface area contributed by atoms with Gasteiger partial charge in [0, 0.05) is 23.6 Å². The Morgan fingerprint density at radius 3 is 1.57 bits per heavy atom. The molecule has 0 aliphatic rings. The number of benzene rings is 2. The van der Waals surface area contributed by atoms with Crippen LogP contribution in [0, 0.1) is 5.82 Å². The summed E-state index contributed by atoms with van der Waals surface area (Å²) in [6, 6.07) is 9.39. The van der Waals surface area contributed by atoms with Gasteiger partial charge in [-0.15, -0.1) is 0 Å². The maximum Gasteiger partial charge on any atom is 0.416 e. The lowest BCUT2D eigenvalue weighted by atomic mass is 10.2. The van der Waals surface area contributed by atoms with Crippen molar-refractivity contribution >= 4 is 34.9 Å². The molecule has 8 heteroatoms. The van der Waals surface area contributed by atoms with Gasteiger partial charge in [-0.1, -0.05) is 0 Å². The molecule has 0 aliphatic heterocycles. The third kappa shape index (κ3) is 3.78. The van der Waals surface area contributed by atoms with E-state index in [-0.39, 0.29) is 0 Å². The first kappa shape index (κ1) is 15.9. The van der Waals surface area contributed by atoms with Gasteiger partial charge in [-0.05, 0) is 52.6 Å². The first-order valence-corrected chi connectivity index (χ1v) is 6.31. The number of hydrogen-bond acceptors (Lipinski definition) is 2. The number of hydrazine groups is 1. The first-order valence-electron chi connectivity index (χ1n) is 5.63. The fourth-order valence-corrected chi connectivity index (χ4v) is 2.05. The van der Waals surface area contributed by atoms with Crippen LogP contribution >= 0.6 is 23.6 Å². The van der Waals surface area contributed by atoms with Gasteiger partial charge in [0.25, 0.3) is 0 Å². The molecule has 2 nitrogen and oxygen atoms in total. The van der Waals surface area contributed by atoms with Gasteiger partial charge < -0.3 is 0 Å². The van der Waals surface area contributed by atoms with Crippen molar-refractivity contribution in [3.05, 3.63) is 59.9 Å². The largest absolute Gasteiger partial charge is 0.416 e. The van der Waals surface area contributed by atoms with E-state index in [0.29, 0.717) is 15.4 Å². The summed E-state index contributed by atoms with van der Waals surface area (Å²) in [6.07, 6.45) is -4.43. The second-order valence-corrected chi connectivity index (χ2v) is 4.86. The third-order valence-corrected chi connectivity index (χ3v) is 2.96. The number of anilines is 2. The molecule has 0 N–H and O–H groups in total. The maximum atomic E-state index is 12.9. The molecule has 112 valence electrons. The zero-order valence-electron chi connectivity index (χ0n) is 10.3. The Morgan fingerprint density at radius 2 is 1.19 bits per heavy atom. The van der Waals surface area contributed by atoms with Crippen molar-refractivity contribution in [3.8, 4) is 0 Å². The van der Waals surface area contributed by atoms with E-state index in [1.54, 1.807) is 0 Å². The maximum absolute atomic E-state index is 12.9. The van der Waals surface area contributed by atoms with Gasteiger partial charge >= 0.3 is 6.18 Å². The highest BCUT2D eigenvalue weighted by atomic mass is 35.5. The Bertz CT molecular complexity index is 597. The topological polar surface area (TPSA) is 6.48 Å². The Morgan fingerprint density at radius 1 is 0.762 bits per heavy atom. The predicted octanol–water partition coefficient (Wildman–Crippen LogP) is 5.51. The monoisotopic (exact) mass is 338 g/mol. The molecule has 0 spiro atoms. The summed E-state index contributed by atoms with van der Waals surface area (Å²) in [5.74, 6) is -0.457. The average Bonchev–Trinajstić information content (AvgIpc) is 2.40. The molecule has 0 fully saturated rings. The number of hydrogen-bond donors (Lipinski definition) is 0. The van der Waals surface area contributed by atoms with Crippen LogP contribution in [0.25, 0.3) is 0 Å².